The van der Waals surface area contributed by atoms with Crippen LogP contribution in [0.4, 0.5) is 5.69 Å². The number of benzene rings is 1. The van der Waals surface area contributed by atoms with E-state index in [1.54, 1.807) is 0 Å². The molecule has 0 aliphatic rings. The van der Waals surface area contributed by atoms with Crippen LogP contribution in [0.5, 0.6) is 0 Å². The van der Waals surface area contributed by atoms with Crippen molar-refractivity contribution < 1.29 is 9.53 Å². The number of aliphatic imine (C=N–C) groups is 1. The van der Waals surface area contributed by atoms with Crippen molar-refractivity contribution in [1.29, 1.82) is 0 Å². The minimum atomic E-state index is -0.336. The second-order valence-corrected chi connectivity index (χ2v) is 3.49. The van der Waals surface area contributed by atoms with Crippen LogP contribution >= 0.6 is 0 Å². The average molecular weight is 219 g/mol. The topological polar surface area (TPSA) is 38.7 Å². The summed E-state index contributed by atoms with van der Waals surface area (Å²) in [6.45, 7) is 2.08. The molecule has 0 N–H and O–H groups in total. The van der Waals surface area contributed by atoms with Crippen molar-refractivity contribution in [2.24, 2.45) is 4.99 Å². The largest absolute Gasteiger partial charge is 0.465 e. The monoisotopic (exact) mass is 219 g/mol. The van der Waals surface area contributed by atoms with Gasteiger partial charge in [0.05, 0.1) is 12.8 Å². The van der Waals surface area contributed by atoms with E-state index in [9.17, 15) is 4.79 Å². The second-order valence-electron chi connectivity index (χ2n) is 3.49. The third kappa shape index (κ3) is 3.85. The van der Waals surface area contributed by atoms with E-state index in [4.69, 9.17) is 4.74 Å². The van der Waals surface area contributed by atoms with E-state index in [0.29, 0.717) is 12.1 Å². The Kier molecular flexibility index (Phi) is 5.26. The molecular formula is C13H17NO2. The summed E-state index contributed by atoms with van der Waals surface area (Å²) in [6.07, 6.45) is 2.64. The molecule has 1 rings (SSSR count). The van der Waals surface area contributed by atoms with Gasteiger partial charge in [-0.1, -0.05) is 31.5 Å². The zero-order valence-corrected chi connectivity index (χ0v) is 9.77. The van der Waals surface area contributed by atoms with Gasteiger partial charge in [0, 0.05) is 0 Å². The van der Waals surface area contributed by atoms with Gasteiger partial charge in [-0.2, -0.15) is 0 Å². The van der Waals surface area contributed by atoms with Gasteiger partial charge in [-0.3, -0.25) is 0 Å². The van der Waals surface area contributed by atoms with Crippen molar-refractivity contribution in [3.8, 4) is 0 Å². The molecule has 0 aliphatic heterocycles. The summed E-state index contributed by atoms with van der Waals surface area (Å²) in [6, 6.07) is 9.45. The Morgan fingerprint density at radius 1 is 1.31 bits per heavy atom. The van der Waals surface area contributed by atoms with Crippen molar-refractivity contribution in [2.75, 3.05) is 7.11 Å². The third-order valence-electron chi connectivity index (χ3n) is 2.21. The SMILES string of the molecule is CCCCC(=Nc1ccccc1)C(=O)OC. The first-order valence-corrected chi connectivity index (χ1v) is 5.49. The number of esters is 1. The number of ether oxygens (including phenoxy) is 1. The molecule has 86 valence electrons. The van der Waals surface area contributed by atoms with Crippen LogP contribution in [-0.2, 0) is 9.53 Å². The van der Waals surface area contributed by atoms with Crippen LogP contribution in [0, 0.1) is 0 Å². The van der Waals surface area contributed by atoms with Gasteiger partial charge in [-0.25, -0.2) is 9.79 Å². The Bertz CT molecular complexity index is 357. The number of methoxy groups -OCH3 is 1. The number of hydrogen-bond acceptors (Lipinski definition) is 3. The molecule has 0 saturated carbocycles. The van der Waals surface area contributed by atoms with E-state index in [2.05, 4.69) is 11.9 Å². The summed E-state index contributed by atoms with van der Waals surface area (Å²) in [5, 5.41) is 0. The summed E-state index contributed by atoms with van der Waals surface area (Å²) in [5.74, 6) is -0.336. The predicted molar refractivity (Wildman–Crippen MR) is 65.1 cm³/mol. The first kappa shape index (κ1) is 12.4. The number of unbranched alkanes of at least 4 members (excludes halogenated alkanes) is 1. The zero-order chi connectivity index (χ0) is 11.8. The Hall–Kier alpha value is -1.64. The molecule has 0 spiro atoms. The van der Waals surface area contributed by atoms with E-state index in [0.717, 1.165) is 18.5 Å². The molecule has 0 saturated heterocycles. The smallest absolute Gasteiger partial charge is 0.352 e. The molecule has 0 bridgehead atoms. The van der Waals surface area contributed by atoms with Crippen molar-refractivity contribution in [3.05, 3.63) is 30.3 Å². The highest BCUT2D eigenvalue weighted by Crippen LogP contribution is 2.12. The first-order chi connectivity index (χ1) is 7.77. The van der Waals surface area contributed by atoms with Crippen molar-refractivity contribution in [2.45, 2.75) is 26.2 Å². The molecule has 1 aromatic carbocycles. The van der Waals surface area contributed by atoms with Gasteiger partial charge in [-0.05, 0) is 25.0 Å². The predicted octanol–water partition coefficient (Wildman–Crippen LogP) is 3.12. The maximum atomic E-state index is 11.5. The number of hydrogen-bond donors (Lipinski definition) is 0. The Labute approximate surface area is 96.2 Å². The molecule has 0 radical (unpaired) electrons. The highest BCUT2D eigenvalue weighted by Gasteiger charge is 2.10. The molecule has 0 unspecified atom stereocenters. The minimum Gasteiger partial charge on any atom is -0.465 e. The van der Waals surface area contributed by atoms with E-state index < -0.39 is 0 Å². The van der Waals surface area contributed by atoms with Crippen molar-refractivity contribution in [3.63, 3.8) is 0 Å². The van der Waals surface area contributed by atoms with Gasteiger partial charge >= 0.3 is 5.97 Å². The molecule has 0 atom stereocenters. The molecule has 0 aromatic heterocycles. The zero-order valence-electron chi connectivity index (χ0n) is 9.77. The van der Waals surface area contributed by atoms with Gasteiger partial charge < -0.3 is 4.74 Å². The number of carbonyl (C=O) groups excluding carboxylic acids is 1. The molecule has 16 heavy (non-hydrogen) atoms. The fourth-order valence-electron chi connectivity index (χ4n) is 1.32. The number of rotatable bonds is 5. The quantitative estimate of drug-likeness (QED) is 0.563. The summed E-state index contributed by atoms with van der Waals surface area (Å²) < 4.78 is 4.71. The van der Waals surface area contributed by atoms with Gasteiger partial charge in [0.25, 0.3) is 0 Å². The lowest BCUT2D eigenvalue weighted by atomic mass is 10.1. The molecule has 3 heteroatoms. The highest BCUT2D eigenvalue weighted by molar-refractivity contribution is 6.36. The molecule has 0 aliphatic carbocycles. The number of para-hydroxylation sites is 1. The van der Waals surface area contributed by atoms with Crippen LogP contribution in [0.15, 0.2) is 35.3 Å². The molecule has 0 heterocycles. The van der Waals surface area contributed by atoms with Gasteiger partial charge in [0.1, 0.15) is 5.71 Å². The standard InChI is InChI=1S/C13H17NO2/c1-3-4-10-12(13(15)16-2)14-11-8-6-5-7-9-11/h5-9H,3-4,10H2,1-2H3. The van der Waals surface area contributed by atoms with Crippen LogP contribution in [0.2, 0.25) is 0 Å². The van der Waals surface area contributed by atoms with E-state index >= 15 is 0 Å². The van der Waals surface area contributed by atoms with E-state index in [1.165, 1.54) is 7.11 Å². The van der Waals surface area contributed by atoms with E-state index in [1.807, 2.05) is 30.3 Å². The molecule has 1 aromatic rings. The Balaban J connectivity index is 2.83. The highest BCUT2D eigenvalue weighted by atomic mass is 16.5. The minimum absolute atomic E-state index is 0.336. The molecule has 3 nitrogen and oxygen atoms in total. The van der Waals surface area contributed by atoms with Crippen LogP contribution in [0.25, 0.3) is 0 Å². The number of nitrogens with zero attached hydrogens (tertiary/aromatic N) is 1. The lowest BCUT2D eigenvalue weighted by Gasteiger charge is -2.03. The lowest BCUT2D eigenvalue weighted by molar-refractivity contribution is -0.132. The molecule has 0 fully saturated rings. The van der Waals surface area contributed by atoms with Gasteiger partial charge in [0.15, 0.2) is 0 Å². The molecule has 0 amide bonds. The number of carbonyl (C=O) groups is 1. The Morgan fingerprint density at radius 3 is 2.56 bits per heavy atom. The van der Waals surface area contributed by atoms with Gasteiger partial charge in [-0.15, -0.1) is 0 Å². The molecular weight excluding hydrogens is 202 g/mol. The van der Waals surface area contributed by atoms with Crippen LogP contribution in [0.1, 0.15) is 26.2 Å². The summed E-state index contributed by atoms with van der Waals surface area (Å²) in [5.41, 5.74) is 1.29. The van der Waals surface area contributed by atoms with Crippen molar-refractivity contribution >= 4 is 17.4 Å². The van der Waals surface area contributed by atoms with Crippen molar-refractivity contribution in [1.82, 2.24) is 0 Å². The second kappa shape index (κ2) is 6.77. The normalized spacial score (nSPS) is 11.2. The van der Waals surface area contributed by atoms with Crippen LogP contribution in [-0.4, -0.2) is 18.8 Å². The maximum absolute atomic E-state index is 11.5. The first-order valence-electron chi connectivity index (χ1n) is 5.49. The van der Waals surface area contributed by atoms with Gasteiger partial charge in [0.2, 0.25) is 0 Å². The third-order valence-corrected chi connectivity index (χ3v) is 2.21. The van der Waals surface area contributed by atoms with Crippen LogP contribution in [0.3, 0.4) is 0 Å². The lowest BCUT2D eigenvalue weighted by Crippen LogP contribution is -2.15. The van der Waals surface area contributed by atoms with Crippen LogP contribution < -0.4 is 0 Å². The van der Waals surface area contributed by atoms with E-state index in [-0.39, 0.29) is 5.97 Å². The fourth-order valence-corrected chi connectivity index (χ4v) is 1.32. The Morgan fingerprint density at radius 2 is 2.00 bits per heavy atom. The summed E-state index contributed by atoms with van der Waals surface area (Å²) in [4.78, 5) is 15.8. The summed E-state index contributed by atoms with van der Waals surface area (Å²) in [7, 11) is 1.38. The fraction of sp³-hybridized carbons (Fsp3) is 0.385. The maximum Gasteiger partial charge on any atom is 0.352 e. The summed E-state index contributed by atoms with van der Waals surface area (Å²) >= 11 is 0. The average Bonchev–Trinajstić information content (AvgIpc) is 2.34.